The topological polar surface area (TPSA) is 432 Å². The monoisotopic (exact) mass is 1690 g/mol. The van der Waals surface area contributed by atoms with E-state index in [0.29, 0.717) is 60.6 Å². The van der Waals surface area contributed by atoms with Crippen molar-refractivity contribution in [1.82, 2.24) is 61.5 Å². The third-order valence-electron chi connectivity index (χ3n) is 22.2. The van der Waals surface area contributed by atoms with Crippen LogP contribution in [0.3, 0.4) is 0 Å². The molecule has 6 rings (SSSR count). The van der Waals surface area contributed by atoms with Crippen molar-refractivity contribution in [3.63, 3.8) is 0 Å². The summed E-state index contributed by atoms with van der Waals surface area (Å²) in [5.74, 6) is -9.17. The third kappa shape index (κ3) is 29.1. The van der Waals surface area contributed by atoms with Gasteiger partial charge in [-0.25, -0.2) is 28.0 Å². The van der Waals surface area contributed by atoms with Crippen LogP contribution in [0.1, 0.15) is 170 Å². The van der Waals surface area contributed by atoms with Crippen molar-refractivity contribution < 1.29 is 104 Å². The molecule has 3 aliphatic heterocycles. The largest absolute Gasteiger partial charge is 0.445 e. The first-order valence-corrected chi connectivity index (χ1v) is 42.0. The van der Waals surface area contributed by atoms with E-state index in [4.69, 9.17) is 29.5 Å². The van der Waals surface area contributed by atoms with Gasteiger partial charge in [0.1, 0.15) is 42.5 Å². The minimum atomic E-state index is -1.17. The number of likely N-dealkylation sites (N-methyl/N-ethyl adjacent to an activating group) is 3. The molecule has 4 fully saturated rings. The number of carbonyl (C=O) groups excluding carboxylic acids is 15. The van der Waals surface area contributed by atoms with E-state index in [9.17, 15) is 75.9 Å². The Balaban J connectivity index is 0.994. The number of primary amides is 1. The number of alkyl carbamates (subject to hydrolysis) is 1. The predicted molar refractivity (Wildman–Crippen MR) is 435 cm³/mol. The normalized spacial score (nSPS) is 18.6. The molecule has 9 N–H and O–H groups in total. The molecule has 12 atom stereocenters. The maximum absolute atomic E-state index is 15.1. The lowest BCUT2D eigenvalue weighted by Crippen LogP contribution is -2.59. The number of imide groups is 2. The van der Waals surface area contributed by atoms with E-state index in [2.05, 4.69) is 37.2 Å². The molecule has 3 heterocycles. The van der Waals surface area contributed by atoms with Crippen LogP contribution in [0.5, 0.6) is 0 Å². The molecule has 4 aliphatic rings. The van der Waals surface area contributed by atoms with Gasteiger partial charge < -0.3 is 81.4 Å². The van der Waals surface area contributed by atoms with Gasteiger partial charge in [-0.3, -0.25) is 62.5 Å². The maximum Gasteiger partial charge on any atom is 0.409 e. The molecule has 0 radical (unpaired) electrons. The summed E-state index contributed by atoms with van der Waals surface area (Å²) < 4.78 is 52.7. The zero-order valence-electron chi connectivity index (χ0n) is 71.3. The number of ether oxygens (including phenoxy) is 4. The van der Waals surface area contributed by atoms with E-state index in [-0.39, 0.29) is 157 Å². The van der Waals surface area contributed by atoms with E-state index in [0.717, 1.165) is 12.1 Å². The van der Waals surface area contributed by atoms with Crippen molar-refractivity contribution in [2.75, 3.05) is 92.7 Å². The molecule has 662 valence electrons. The summed E-state index contributed by atoms with van der Waals surface area (Å²) in [7, 11) is 9.44. The number of methoxy groups -OCH3 is 2. The molecule has 0 bridgehead atoms. The Labute approximate surface area is 699 Å². The SMILES string of the molecule is CC[C@H](C)C(C(CC(=O)N1C[C@@H](OC(=O)N(C)CCNC(=O)OCc2ccc(NC(=O)[C@H](CCCNC(N)=O)NC(=O)C(NC(=O)CCCCCN3C(=O)CC(SCC4(CC(=O)ON5C(=O)CCC5=O)CC4)C3=O)C(C)C)cc2)CC1[C@H](OC)C(C)C(=O)NCCc1c(F)cccc1F)OC)N(C)C(=O)[C@@H](NC(=O)C(C(C)C)N(C)C)C(C)C. The number of hydroxylamine groups is 2. The Bertz CT molecular complexity index is 3830. The van der Waals surface area contributed by atoms with Gasteiger partial charge >= 0.3 is 24.2 Å². The van der Waals surface area contributed by atoms with Gasteiger partial charge in [-0.15, -0.1) is 16.8 Å². The summed E-state index contributed by atoms with van der Waals surface area (Å²) in [6.45, 7) is 15.9. The van der Waals surface area contributed by atoms with Crippen LogP contribution in [0.2, 0.25) is 0 Å². The van der Waals surface area contributed by atoms with Gasteiger partial charge in [0, 0.05) is 110 Å². The molecule has 0 aromatic heterocycles. The Morgan fingerprint density at radius 3 is 1.96 bits per heavy atom. The van der Waals surface area contributed by atoms with Crippen LogP contribution in [0, 0.1) is 46.6 Å². The Kier molecular flexibility index (Phi) is 38.6. The number of amides is 15. The number of thioether (sulfide) groups is 1. The lowest BCUT2D eigenvalue weighted by atomic mass is 9.89. The fourth-order valence-electron chi connectivity index (χ4n) is 15.0. The molecule has 15 amide bonds. The number of halogens is 2. The van der Waals surface area contributed by atoms with Crippen molar-refractivity contribution in [1.29, 1.82) is 0 Å². The van der Waals surface area contributed by atoms with Gasteiger partial charge in [0.15, 0.2) is 0 Å². The fourth-order valence-corrected chi connectivity index (χ4v) is 16.5. The number of nitrogens with two attached hydrogens (primary N) is 1. The predicted octanol–water partition coefficient (Wildman–Crippen LogP) is 5.46. The molecule has 37 heteroatoms. The summed E-state index contributed by atoms with van der Waals surface area (Å²) in [5, 5.41) is 18.9. The van der Waals surface area contributed by atoms with E-state index in [1.54, 1.807) is 71.1 Å². The molecular formula is C82H124F2N14O20S. The number of likely N-dealkylation sites (tertiary alicyclic amines) is 2. The number of hydrogen-bond donors (Lipinski definition) is 8. The molecule has 7 unspecified atom stereocenters. The quantitative estimate of drug-likeness (QED) is 0.0301. The molecule has 3 saturated heterocycles. The molecule has 0 spiro atoms. The van der Waals surface area contributed by atoms with E-state index in [1.807, 2.05) is 41.5 Å². The van der Waals surface area contributed by atoms with Crippen LogP contribution in [-0.2, 0) is 94.3 Å². The molecule has 2 aromatic rings. The number of unbranched alkanes of at least 4 members (excludes halogenated alkanes) is 2. The average Bonchev–Trinajstić information content (AvgIpc) is 1.67. The van der Waals surface area contributed by atoms with Crippen LogP contribution in [0.15, 0.2) is 42.5 Å². The number of carbonyl (C=O) groups is 15. The minimum absolute atomic E-state index is 0.00226. The summed E-state index contributed by atoms with van der Waals surface area (Å²) in [5.41, 5.74) is 5.41. The van der Waals surface area contributed by atoms with Crippen LogP contribution in [0.4, 0.5) is 28.9 Å². The van der Waals surface area contributed by atoms with Crippen LogP contribution in [-0.4, -0.2) is 266 Å². The second kappa shape index (κ2) is 46.8. The zero-order chi connectivity index (χ0) is 88.3. The second-order valence-electron chi connectivity index (χ2n) is 32.6. The summed E-state index contributed by atoms with van der Waals surface area (Å²) >= 11 is 1.29. The van der Waals surface area contributed by atoms with Gasteiger partial charge in [0.2, 0.25) is 53.2 Å². The van der Waals surface area contributed by atoms with Gasteiger partial charge in [-0.1, -0.05) is 93.4 Å². The average molecular weight is 1700 g/mol. The third-order valence-corrected chi connectivity index (χ3v) is 23.7. The van der Waals surface area contributed by atoms with Crippen LogP contribution < -0.4 is 43.0 Å². The number of benzene rings is 2. The summed E-state index contributed by atoms with van der Waals surface area (Å²) in [6, 6.07) is 3.64. The first-order valence-electron chi connectivity index (χ1n) is 40.9. The van der Waals surface area contributed by atoms with E-state index < -0.39 is 154 Å². The first kappa shape index (κ1) is 98.2. The van der Waals surface area contributed by atoms with Crippen molar-refractivity contribution in [2.24, 2.45) is 40.7 Å². The number of nitrogens with zero attached hydrogens (tertiary/aromatic N) is 6. The number of anilines is 1. The van der Waals surface area contributed by atoms with Crippen molar-refractivity contribution in [2.45, 2.75) is 231 Å². The lowest BCUT2D eigenvalue weighted by Gasteiger charge is -2.41. The Morgan fingerprint density at radius 2 is 1.37 bits per heavy atom. The van der Waals surface area contributed by atoms with Crippen molar-refractivity contribution >= 4 is 107 Å². The second-order valence-corrected chi connectivity index (χ2v) is 33.8. The highest BCUT2D eigenvalue weighted by atomic mass is 32.2. The molecule has 1 aliphatic carbocycles. The van der Waals surface area contributed by atoms with Gasteiger partial charge in [0.25, 0.3) is 11.8 Å². The first-order chi connectivity index (χ1) is 56.2. The highest BCUT2D eigenvalue weighted by Gasteiger charge is 2.50. The highest BCUT2D eigenvalue weighted by Crippen LogP contribution is 2.52. The van der Waals surface area contributed by atoms with Crippen molar-refractivity contribution in [3.8, 4) is 0 Å². The highest BCUT2D eigenvalue weighted by molar-refractivity contribution is 8.00. The van der Waals surface area contributed by atoms with Crippen LogP contribution in [0.25, 0.3) is 0 Å². The number of rotatable bonds is 48. The van der Waals surface area contributed by atoms with Gasteiger partial charge in [0.05, 0.1) is 60.9 Å². The molecule has 119 heavy (non-hydrogen) atoms. The van der Waals surface area contributed by atoms with Gasteiger partial charge in [-0.05, 0) is 118 Å². The number of urea groups is 1. The molecule has 2 aromatic carbocycles. The van der Waals surface area contributed by atoms with E-state index >= 15 is 4.79 Å². The Hall–Kier alpha value is -9.62. The van der Waals surface area contributed by atoms with Crippen molar-refractivity contribution in [3.05, 3.63) is 65.2 Å². The Morgan fingerprint density at radius 1 is 0.714 bits per heavy atom. The molecular weight excluding hydrogens is 1570 g/mol. The molecule has 1 saturated carbocycles. The smallest absolute Gasteiger partial charge is 0.409 e. The summed E-state index contributed by atoms with van der Waals surface area (Å²) in [4.78, 5) is 212. The van der Waals surface area contributed by atoms with Gasteiger partial charge in [-0.2, -0.15) is 0 Å². The maximum atomic E-state index is 15.1. The van der Waals surface area contributed by atoms with E-state index in [1.165, 1.54) is 58.7 Å². The number of nitrogens with one attached hydrogen (secondary N) is 7. The lowest BCUT2D eigenvalue weighted by molar-refractivity contribution is -0.198. The summed E-state index contributed by atoms with van der Waals surface area (Å²) in [6.07, 6.45) is -1.68. The fraction of sp³-hybridized carbons (Fsp3) is 0.671. The standard InChI is InChI=1S/C82H124F2N14O20S/c1-16-50(8)71(95(13)78(110)69(48(4)5)92-76(108)70(49(6)7)93(10)11)60(114-14)41-65(102)97-44-54(40-59(97)72(115-15)51(9)73(105)86-36-32-55-56(83)22-20-23-57(55)84)117-81(113)94(12)39-37-88-80(112)116-45-52-26-28-53(29-27-52)89-74(106)58(24-21-35-87-79(85)111)90-75(107)68(47(2)3)91-62(99)25-18-17-19-38-96-66(103)42-61(77(96)109)119-46-82(33-34-82)43-67(104)118-98-63(100)30-31-64(98)101/h20,22-23,26-29,47-51,54,58-61,68-72H,16-19,21,24-25,30-46H2,1-15H3,(H,86,105)(H,88,112)(H,89,106)(H,90,107)(H,91,99)(H,92,108)(H3,85,87,111)/t50-,51?,54-,58-,59?,60?,61?,68?,69-,70?,71?,72+/m0/s1. The zero-order valence-corrected chi connectivity index (χ0v) is 72.1. The minimum Gasteiger partial charge on any atom is -0.445 e. The molecule has 34 nitrogen and oxygen atoms in total. The van der Waals surface area contributed by atoms with Crippen LogP contribution >= 0.6 is 11.8 Å². The number of hydrogen-bond acceptors (Lipinski definition) is 22.